The van der Waals surface area contributed by atoms with Crippen molar-refractivity contribution in [1.29, 1.82) is 0 Å². The van der Waals surface area contributed by atoms with Crippen molar-refractivity contribution in [3.05, 3.63) is 58.1 Å². The Morgan fingerprint density at radius 1 is 1.11 bits per heavy atom. The Hall–Kier alpha value is -3.09. The van der Waals surface area contributed by atoms with E-state index >= 15 is 0 Å². The normalized spacial score (nSPS) is 10.4. The maximum atomic E-state index is 12.0. The van der Waals surface area contributed by atoms with E-state index in [9.17, 15) is 14.9 Å². The zero-order valence-electron chi connectivity index (χ0n) is 15.5. The molecule has 144 valence electrons. The van der Waals surface area contributed by atoms with Crippen LogP contribution in [0.2, 0.25) is 0 Å². The second-order valence-corrected chi connectivity index (χ2v) is 6.44. The first-order valence-electron chi connectivity index (χ1n) is 9.16. The Morgan fingerprint density at radius 3 is 2.48 bits per heavy atom. The van der Waals surface area contributed by atoms with E-state index in [1.54, 1.807) is 24.3 Å². The second-order valence-electron chi connectivity index (χ2n) is 6.44. The van der Waals surface area contributed by atoms with Crippen LogP contribution in [0.4, 0.5) is 22.7 Å². The minimum absolute atomic E-state index is 0.0237. The molecule has 27 heavy (non-hydrogen) atoms. The van der Waals surface area contributed by atoms with Gasteiger partial charge in [-0.25, -0.2) is 0 Å². The molecule has 0 aliphatic heterocycles. The highest BCUT2D eigenvalue weighted by Crippen LogP contribution is 2.24. The number of nitro groups is 1. The van der Waals surface area contributed by atoms with Gasteiger partial charge in [-0.1, -0.05) is 38.3 Å². The van der Waals surface area contributed by atoms with Crippen molar-refractivity contribution < 1.29 is 9.72 Å². The van der Waals surface area contributed by atoms with E-state index in [1.807, 2.05) is 6.07 Å². The SMILES string of the molecule is CCCCCCC(=O)Nc1ccc(NCc2ccc([N+](=O)[O-])cc2)cc1N. The molecule has 0 radical (unpaired) electrons. The number of hydrogen-bond donors (Lipinski definition) is 3. The summed E-state index contributed by atoms with van der Waals surface area (Å²) in [6.45, 7) is 2.65. The molecule has 0 aromatic heterocycles. The summed E-state index contributed by atoms with van der Waals surface area (Å²) < 4.78 is 0. The molecule has 4 N–H and O–H groups in total. The summed E-state index contributed by atoms with van der Waals surface area (Å²) in [5.74, 6) is -0.0237. The molecule has 7 nitrogen and oxygen atoms in total. The molecule has 0 heterocycles. The number of nitrogens with one attached hydrogen (secondary N) is 2. The van der Waals surface area contributed by atoms with Crippen LogP contribution in [0, 0.1) is 10.1 Å². The molecule has 0 aliphatic rings. The zero-order chi connectivity index (χ0) is 19.6. The third-order valence-corrected chi connectivity index (χ3v) is 4.23. The number of benzene rings is 2. The number of rotatable bonds is 10. The fraction of sp³-hybridized carbons (Fsp3) is 0.350. The summed E-state index contributed by atoms with van der Waals surface area (Å²) in [4.78, 5) is 22.2. The van der Waals surface area contributed by atoms with Crippen LogP contribution in [0.3, 0.4) is 0 Å². The average Bonchev–Trinajstić information content (AvgIpc) is 2.66. The maximum Gasteiger partial charge on any atom is 0.269 e. The number of nitrogen functional groups attached to an aromatic ring is 1. The van der Waals surface area contributed by atoms with Gasteiger partial charge in [0.25, 0.3) is 5.69 Å². The van der Waals surface area contributed by atoms with E-state index in [4.69, 9.17) is 5.73 Å². The summed E-state index contributed by atoms with van der Waals surface area (Å²) in [6.07, 6.45) is 4.73. The summed E-state index contributed by atoms with van der Waals surface area (Å²) in [6, 6.07) is 11.8. The Kier molecular flexibility index (Phi) is 7.61. The summed E-state index contributed by atoms with van der Waals surface area (Å²) >= 11 is 0. The van der Waals surface area contributed by atoms with Crippen molar-refractivity contribution in [2.24, 2.45) is 0 Å². The number of nitrogens with zero attached hydrogens (tertiary/aromatic N) is 1. The van der Waals surface area contributed by atoms with Crippen molar-refractivity contribution in [2.45, 2.75) is 45.6 Å². The van der Waals surface area contributed by atoms with E-state index in [0.717, 1.165) is 36.9 Å². The largest absolute Gasteiger partial charge is 0.397 e. The van der Waals surface area contributed by atoms with Crippen LogP contribution in [0.15, 0.2) is 42.5 Å². The van der Waals surface area contributed by atoms with Crippen molar-refractivity contribution >= 4 is 28.7 Å². The van der Waals surface area contributed by atoms with E-state index in [2.05, 4.69) is 17.6 Å². The smallest absolute Gasteiger partial charge is 0.269 e. The molecular formula is C20H26N4O3. The average molecular weight is 370 g/mol. The number of unbranched alkanes of at least 4 members (excludes halogenated alkanes) is 3. The van der Waals surface area contributed by atoms with Crippen LogP contribution >= 0.6 is 0 Å². The fourth-order valence-electron chi connectivity index (χ4n) is 2.65. The Balaban J connectivity index is 1.86. The molecule has 0 atom stereocenters. The van der Waals surface area contributed by atoms with Crippen LogP contribution in [-0.4, -0.2) is 10.8 Å². The summed E-state index contributed by atoms with van der Waals surface area (Å²) in [5.41, 5.74) is 8.94. The predicted octanol–water partition coefficient (Wildman–Crippen LogP) is 4.70. The van der Waals surface area contributed by atoms with Gasteiger partial charge < -0.3 is 16.4 Å². The summed E-state index contributed by atoms with van der Waals surface area (Å²) in [7, 11) is 0. The van der Waals surface area contributed by atoms with Gasteiger partial charge in [0.2, 0.25) is 5.91 Å². The van der Waals surface area contributed by atoms with Gasteiger partial charge in [0.05, 0.1) is 16.3 Å². The van der Waals surface area contributed by atoms with Gasteiger partial charge in [-0.3, -0.25) is 14.9 Å². The standard InChI is InChI=1S/C20H26N4O3/c1-2-3-4-5-6-20(25)23-19-12-9-16(13-18(19)21)22-14-15-7-10-17(11-8-15)24(26)27/h7-13,22H,2-6,14,21H2,1H3,(H,23,25). The number of carbonyl (C=O) groups excluding carboxylic acids is 1. The van der Waals surface area contributed by atoms with Gasteiger partial charge in [-0.05, 0) is 30.2 Å². The Morgan fingerprint density at radius 2 is 1.85 bits per heavy atom. The first-order chi connectivity index (χ1) is 13.0. The van der Waals surface area contributed by atoms with Crippen LogP contribution in [-0.2, 0) is 11.3 Å². The maximum absolute atomic E-state index is 12.0. The van der Waals surface area contributed by atoms with Crippen molar-refractivity contribution in [3.8, 4) is 0 Å². The van der Waals surface area contributed by atoms with Crippen molar-refractivity contribution in [1.82, 2.24) is 0 Å². The monoisotopic (exact) mass is 370 g/mol. The lowest BCUT2D eigenvalue weighted by Gasteiger charge is -2.12. The molecule has 2 aromatic rings. The molecule has 0 saturated carbocycles. The van der Waals surface area contributed by atoms with Gasteiger partial charge in [0.15, 0.2) is 0 Å². The Bertz CT molecular complexity index is 775. The molecule has 2 rings (SSSR count). The molecule has 0 saturated heterocycles. The molecule has 2 aromatic carbocycles. The molecule has 1 amide bonds. The van der Waals surface area contributed by atoms with Gasteiger partial charge in [-0.15, -0.1) is 0 Å². The predicted molar refractivity (Wildman–Crippen MR) is 109 cm³/mol. The number of non-ortho nitro benzene ring substituents is 1. The fourth-order valence-corrected chi connectivity index (χ4v) is 2.65. The number of anilines is 3. The minimum atomic E-state index is -0.422. The van der Waals surface area contributed by atoms with Crippen LogP contribution < -0.4 is 16.4 Å². The molecule has 0 spiro atoms. The summed E-state index contributed by atoms with van der Waals surface area (Å²) in [5, 5.41) is 16.7. The van der Waals surface area contributed by atoms with E-state index in [-0.39, 0.29) is 11.6 Å². The number of nitrogens with two attached hydrogens (primary N) is 1. The highest BCUT2D eigenvalue weighted by Gasteiger charge is 2.07. The number of nitro benzene ring substituents is 1. The lowest BCUT2D eigenvalue weighted by Crippen LogP contribution is -2.12. The van der Waals surface area contributed by atoms with Crippen LogP contribution in [0.5, 0.6) is 0 Å². The van der Waals surface area contributed by atoms with E-state index in [0.29, 0.717) is 24.3 Å². The number of hydrogen-bond acceptors (Lipinski definition) is 5. The van der Waals surface area contributed by atoms with Crippen LogP contribution in [0.25, 0.3) is 0 Å². The van der Waals surface area contributed by atoms with E-state index < -0.39 is 4.92 Å². The van der Waals surface area contributed by atoms with E-state index in [1.165, 1.54) is 12.1 Å². The minimum Gasteiger partial charge on any atom is -0.397 e. The molecule has 0 bridgehead atoms. The van der Waals surface area contributed by atoms with Crippen LogP contribution in [0.1, 0.15) is 44.6 Å². The van der Waals surface area contributed by atoms with Crippen molar-refractivity contribution in [2.75, 3.05) is 16.4 Å². The number of carbonyl (C=O) groups is 1. The van der Waals surface area contributed by atoms with Crippen molar-refractivity contribution in [3.63, 3.8) is 0 Å². The topological polar surface area (TPSA) is 110 Å². The lowest BCUT2D eigenvalue weighted by molar-refractivity contribution is -0.384. The quantitative estimate of drug-likeness (QED) is 0.243. The third-order valence-electron chi connectivity index (χ3n) is 4.23. The molecular weight excluding hydrogens is 344 g/mol. The molecule has 0 aliphatic carbocycles. The second kappa shape index (κ2) is 10.2. The molecule has 7 heteroatoms. The van der Waals surface area contributed by atoms with Gasteiger partial charge in [0.1, 0.15) is 0 Å². The highest BCUT2D eigenvalue weighted by atomic mass is 16.6. The zero-order valence-corrected chi connectivity index (χ0v) is 15.5. The lowest BCUT2D eigenvalue weighted by atomic mass is 10.1. The first kappa shape index (κ1) is 20.2. The third kappa shape index (κ3) is 6.62. The number of amides is 1. The van der Waals surface area contributed by atoms with Gasteiger partial charge in [0, 0.05) is 30.8 Å². The molecule has 0 fully saturated rings. The van der Waals surface area contributed by atoms with Gasteiger partial charge in [-0.2, -0.15) is 0 Å². The Labute approximate surface area is 159 Å². The first-order valence-corrected chi connectivity index (χ1v) is 9.16. The molecule has 0 unspecified atom stereocenters. The van der Waals surface area contributed by atoms with Gasteiger partial charge >= 0.3 is 0 Å². The highest BCUT2D eigenvalue weighted by molar-refractivity contribution is 5.94.